The molecule has 1 N–H and O–H groups in total. The molecule has 2 aromatic heterocycles. The molecule has 0 fully saturated rings. The zero-order valence-electron chi connectivity index (χ0n) is 13.7. The van der Waals surface area contributed by atoms with Gasteiger partial charge >= 0.3 is 0 Å². The summed E-state index contributed by atoms with van der Waals surface area (Å²) in [7, 11) is 0. The van der Waals surface area contributed by atoms with Crippen LogP contribution in [0.3, 0.4) is 0 Å². The largest absolute Gasteiger partial charge is 0.351 e. The molecule has 0 aliphatic heterocycles. The van der Waals surface area contributed by atoms with Crippen LogP contribution in [0.15, 0.2) is 12.4 Å². The lowest BCUT2D eigenvalue weighted by Crippen LogP contribution is -2.25. The molecule has 0 unspecified atom stereocenters. The van der Waals surface area contributed by atoms with E-state index in [2.05, 4.69) is 40.6 Å². The lowest BCUT2D eigenvalue weighted by Gasteiger charge is -2.07. The second kappa shape index (κ2) is 7.54. The van der Waals surface area contributed by atoms with Gasteiger partial charge in [0.05, 0.1) is 10.7 Å². The minimum absolute atomic E-state index is 0.0109. The van der Waals surface area contributed by atoms with Gasteiger partial charge in [-0.25, -0.2) is 9.97 Å². The normalized spacial score (nSPS) is 11.1. The number of hydrogen-bond acceptors (Lipinski definition) is 4. The van der Waals surface area contributed by atoms with Crippen LogP contribution in [0.4, 0.5) is 0 Å². The maximum atomic E-state index is 12.2. The van der Waals surface area contributed by atoms with Crippen molar-refractivity contribution in [1.29, 1.82) is 0 Å². The topological polar surface area (TPSA) is 59.8 Å². The van der Waals surface area contributed by atoms with Crippen molar-refractivity contribution in [2.24, 2.45) is 0 Å². The second-order valence-electron chi connectivity index (χ2n) is 5.62. The maximum absolute atomic E-state index is 12.2. The SMILES string of the molecule is CCc1nccn1CCCNC(=O)c1sc(C(C)C)nc1C. The van der Waals surface area contributed by atoms with Crippen molar-refractivity contribution < 1.29 is 4.79 Å². The molecule has 120 valence electrons. The Labute approximate surface area is 135 Å². The number of rotatable bonds is 7. The van der Waals surface area contributed by atoms with Crippen LogP contribution >= 0.6 is 11.3 Å². The van der Waals surface area contributed by atoms with Gasteiger partial charge in [-0.2, -0.15) is 0 Å². The highest BCUT2D eigenvalue weighted by Crippen LogP contribution is 2.24. The van der Waals surface area contributed by atoms with Crippen LogP contribution in [0.5, 0.6) is 0 Å². The van der Waals surface area contributed by atoms with Gasteiger partial charge in [-0.15, -0.1) is 11.3 Å². The number of carbonyl (C=O) groups excluding carboxylic acids is 1. The molecule has 0 bridgehead atoms. The Hall–Kier alpha value is -1.69. The van der Waals surface area contributed by atoms with E-state index in [9.17, 15) is 4.79 Å². The van der Waals surface area contributed by atoms with Crippen molar-refractivity contribution in [1.82, 2.24) is 19.9 Å². The number of thiazole rings is 1. The van der Waals surface area contributed by atoms with Crippen LogP contribution in [0.2, 0.25) is 0 Å². The van der Waals surface area contributed by atoms with Crippen molar-refractivity contribution in [2.45, 2.75) is 53.0 Å². The number of nitrogens with zero attached hydrogens (tertiary/aromatic N) is 3. The lowest BCUT2D eigenvalue weighted by atomic mass is 10.2. The minimum atomic E-state index is -0.0109. The highest BCUT2D eigenvalue weighted by molar-refractivity contribution is 7.13. The van der Waals surface area contributed by atoms with Crippen LogP contribution < -0.4 is 5.32 Å². The van der Waals surface area contributed by atoms with Crippen molar-refractivity contribution in [3.05, 3.63) is 33.8 Å². The minimum Gasteiger partial charge on any atom is -0.351 e. The third kappa shape index (κ3) is 3.94. The summed E-state index contributed by atoms with van der Waals surface area (Å²) >= 11 is 1.50. The zero-order chi connectivity index (χ0) is 16.1. The summed E-state index contributed by atoms with van der Waals surface area (Å²) in [5.41, 5.74) is 0.828. The van der Waals surface area contributed by atoms with E-state index in [1.54, 1.807) is 0 Å². The molecule has 22 heavy (non-hydrogen) atoms. The smallest absolute Gasteiger partial charge is 0.263 e. The molecule has 2 rings (SSSR count). The van der Waals surface area contributed by atoms with Gasteiger partial charge in [-0.05, 0) is 13.3 Å². The highest BCUT2D eigenvalue weighted by Gasteiger charge is 2.16. The van der Waals surface area contributed by atoms with Gasteiger partial charge in [0.15, 0.2) is 0 Å². The van der Waals surface area contributed by atoms with E-state index in [0.717, 1.165) is 40.8 Å². The molecule has 0 saturated heterocycles. The van der Waals surface area contributed by atoms with Gasteiger partial charge in [0, 0.05) is 37.8 Å². The first-order valence-electron chi connectivity index (χ1n) is 7.78. The van der Waals surface area contributed by atoms with E-state index in [0.29, 0.717) is 12.5 Å². The van der Waals surface area contributed by atoms with Crippen molar-refractivity contribution >= 4 is 17.2 Å². The fourth-order valence-electron chi connectivity index (χ4n) is 2.26. The fourth-order valence-corrected chi connectivity index (χ4v) is 3.25. The number of aromatic nitrogens is 3. The first-order chi connectivity index (χ1) is 10.5. The summed E-state index contributed by atoms with van der Waals surface area (Å²) in [6.07, 6.45) is 5.63. The van der Waals surface area contributed by atoms with E-state index in [4.69, 9.17) is 0 Å². The molecule has 6 heteroatoms. The Morgan fingerprint density at radius 1 is 1.45 bits per heavy atom. The first-order valence-corrected chi connectivity index (χ1v) is 8.60. The standard InChI is InChI=1S/C16H24N4OS/c1-5-13-17-8-10-20(13)9-6-7-18-15(21)14-12(4)19-16(22-14)11(2)3/h8,10-11H,5-7,9H2,1-4H3,(H,18,21). The molecule has 0 aliphatic rings. The summed E-state index contributed by atoms with van der Waals surface area (Å²) < 4.78 is 2.14. The predicted octanol–water partition coefficient (Wildman–Crippen LogP) is 3.15. The van der Waals surface area contributed by atoms with Crippen molar-refractivity contribution in [3.63, 3.8) is 0 Å². The first kappa shape index (κ1) is 16.7. The monoisotopic (exact) mass is 320 g/mol. The quantitative estimate of drug-likeness (QED) is 0.797. The Morgan fingerprint density at radius 3 is 2.86 bits per heavy atom. The Bertz CT molecular complexity index is 630. The summed E-state index contributed by atoms with van der Waals surface area (Å²) in [6, 6.07) is 0. The van der Waals surface area contributed by atoms with Crippen LogP contribution in [0.25, 0.3) is 0 Å². The van der Waals surface area contributed by atoms with Gasteiger partial charge in [-0.1, -0.05) is 20.8 Å². The molecular weight excluding hydrogens is 296 g/mol. The average molecular weight is 320 g/mol. The molecule has 0 aromatic carbocycles. The van der Waals surface area contributed by atoms with Crippen molar-refractivity contribution in [3.8, 4) is 0 Å². The lowest BCUT2D eigenvalue weighted by molar-refractivity contribution is 0.0956. The predicted molar refractivity (Wildman–Crippen MR) is 89.5 cm³/mol. The molecule has 2 aromatic rings. The van der Waals surface area contributed by atoms with Crippen LogP contribution in [0.1, 0.15) is 59.3 Å². The van der Waals surface area contributed by atoms with Crippen LogP contribution in [-0.2, 0) is 13.0 Å². The number of aryl methyl sites for hydroxylation is 3. The molecule has 0 atom stereocenters. The Balaban J connectivity index is 1.83. The number of hydrogen-bond donors (Lipinski definition) is 1. The van der Waals surface area contributed by atoms with E-state index in [1.807, 2.05) is 19.3 Å². The number of carbonyl (C=O) groups is 1. The van der Waals surface area contributed by atoms with Gasteiger partial charge < -0.3 is 9.88 Å². The number of amides is 1. The highest BCUT2D eigenvalue weighted by atomic mass is 32.1. The fraction of sp³-hybridized carbons (Fsp3) is 0.562. The third-order valence-electron chi connectivity index (χ3n) is 3.49. The van der Waals surface area contributed by atoms with Gasteiger partial charge in [0.25, 0.3) is 5.91 Å². The Morgan fingerprint density at radius 2 is 2.23 bits per heavy atom. The molecular formula is C16H24N4OS. The molecule has 0 spiro atoms. The molecule has 5 nitrogen and oxygen atoms in total. The van der Waals surface area contributed by atoms with E-state index >= 15 is 0 Å². The third-order valence-corrected chi connectivity index (χ3v) is 4.95. The van der Waals surface area contributed by atoms with E-state index in [1.165, 1.54) is 11.3 Å². The Kier molecular flexibility index (Phi) is 5.71. The maximum Gasteiger partial charge on any atom is 0.263 e. The molecule has 0 saturated carbocycles. The second-order valence-corrected chi connectivity index (χ2v) is 6.65. The molecule has 0 aliphatic carbocycles. The summed E-state index contributed by atoms with van der Waals surface area (Å²) in [5, 5.41) is 4.01. The van der Waals surface area contributed by atoms with Gasteiger partial charge in [0.2, 0.25) is 0 Å². The molecule has 0 radical (unpaired) electrons. The number of nitrogens with one attached hydrogen (secondary N) is 1. The van der Waals surface area contributed by atoms with E-state index < -0.39 is 0 Å². The van der Waals surface area contributed by atoms with Crippen molar-refractivity contribution in [2.75, 3.05) is 6.54 Å². The summed E-state index contributed by atoms with van der Waals surface area (Å²) in [6.45, 7) is 9.72. The van der Waals surface area contributed by atoms with Crippen LogP contribution in [-0.4, -0.2) is 27.0 Å². The molecule has 2 heterocycles. The number of imidazole rings is 1. The zero-order valence-corrected chi connectivity index (χ0v) is 14.5. The average Bonchev–Trinajstić information content (AvgIpc) is 3.09. The summed E-state index contributed by atoms with van der Waals surface area (Å²) in [5.74, 6) is 1.44. The van der Waals surface area contributed by atoms with Gasteiger partial charge in [0.1, 0.15) is 10.7 Å². The summed E-state index contributed by atoms with van der Waals surface area (Å²) in [4.78, 5) is 21.7. The molecule has 1 amide bonds. The van der Waals surface area contributed by atoms with E-state index in [-0.39, 0.29) is 5.91 Å². The van der Waals surface area contributed by atoms with Crippen LogP contribution in [0, 0.1) is 6.92 Å². The van der Waals surface area contributed by atoms with Gasteiger partial charge in [-0.3, -0.25) is 4.79 Å².